The van der Waals surface area contributed by atoms with Crippen LogP contribution in [-0.4, -0.2) is 44.2 Å². The Kier molecular flexibility index (Phi) is 4.84. The minimum absolute atomic E-state index is 0.0484. The van der Waals surface area contributed by atoms with E-state index < -0.39 is 5.79 Å². The van der Waals surface area contributed by atoms with Gasteiger partial charge in [0.2, 0.25) is 0 Å². The molecule has 1 atom stereocenters. The van der Waals surface area contributed by atoms with Crippen LogP contribution in [0, 0.1) is 13.8 Å². The summed E-state index contributed by atoms with van der Waals surface area (Å²) in [6.45, 7) is 6.54. The fraction of sp³-hybridized carbons (Fsp3) is 0.588. The minimum Gasteiger partial charge on any atom is -0.381 e. The van der Waals surface area contributed by atoms with Crippen molar-refractivity contribution in [2.45, 2.75) is 38.6 Å². The quantitative estimate of drug-likeness (QED) is 0.658. The standard InChI is InChI=1S/C17H25N3O3/c1-12-7-13(2)9-14(8-12)20-16(18)19-10-15-11-22-17(23-15)3-5-21-6-4-17/h7-9,15H,3-6,10-11H2,1-2H3,(H3,18,19,20). The highest BCUT2D eigenvalue weighted by molar-refractivity contribution is 5.92. The molecule has 0 aliphatic carbocycles. The van der Waals surface area contributed by atoms with E-state index in [1.807, 2.05) is 12.1 Å². The van der Waals surface area contributed by atoms with Gasteiger partial charge in [-0.1, -0.05) is 6.07 Å². The van der Waals surface area contributed by atoms with Gasteiger partial charge in [0.25, 0.3) is 0 Å². The van der Waals surface area contributed by atoms with Crippen LogP contribution in [-0.2, 0) is 14.2 Å². The summed E-state index contributed by atoms with van der Waals surface area (Å²) in [6.07, 6.45) is 1.51. The molecule has 3 N–H and O–H groups in total. The topological polar surface area (TPSA) is 78.1 Å². The largest absolute Gasteiger partial charge is 0.381 e. The van der Waals surface area contributed by atoms with Gasteiger partial charge < -0.3 is 25.3 Å². The first-order chi connectivity index (χ1) is 11.0. The molecule has 2 fully saturated rings. The zero-order valence-electron chi connectivity index (χ0n) is 13.8. The number of rotatable bonds is 3. The second-order valence-electron chi connectivity index (χ2n) is 6.30. The van der Waals surface area contributed by atoms with Gasteiger partial charge in [-0.15, -0.1) is 0 Å². The first kappa shape index (κ1) is 16.2. The van der Waals surface area contributed by atoms with Crippen LogP contribution in [0.2, 0.25) is 0 Å². The van der Waals surface area contributed by atoms with Crippen molar-refractivity contribution in [2.75, 3.05) is 31.7 Å². The van der Waals surface area contributed by atoms with Gasteiger partial charge in [0, 0.05) is 18.5 Å². The molecule has 0 bridgehead atoms. The summed E-state index contributed by atoms with van der Waals surface area (Å²) in [5.41, 5.74) is 9.31. The number of guanidine groups is 1. The Hall–Kier alpha value is -1.63. The van der Waals surface area contributed by atoms with Crippen molar-refractivity contribution in [1.29, 1.82) is 0 Å². The Labute approximate surface area is 137 Å². The van der Waals surface area contributed by atoms with Crippen molar-refractivity contribution in [3.8, 4) is 0 Å². The third kappa shape index (κ3) is 4.22. The Balaban J connectivity index is 1.53. The average molecular weight is 319 g/mol. The average Bonchev–Trinajstić information content (AvgIpc) is 2.87. The molecule has 1 spiro atoms. The first-order valence-corrected chi connectivity index (χ1v) is 8.09. The number of anilines is 1. The second-order valence-corrected chi connectivity index (χ2v) is 6.30. The van der Waals surface area contributed by atoms with E-state index in [2.05, 4.69) is 30.2 Å². The Bertz CT molecular complexity index is 562. The summed E-state index contributed by atoms with van der Waals surface area (Å²) in [6, 6.07) is 6.21. The predicted octanol–water partition coefficient (Wildman–Crippen LogP) is 1.95. The zero-order chi connectivity index (χ0) is 16.3. The molecule has 6 heteroatoms. The smallest absolute Gasteiger partial charge is 0.193 e. The molecule has 2 heterocycles. The van der Waals surface area contributed by atoms with Crippen LogP contribution in [0.1, 0.15) is 24.0 Å². The highest BCUT2D eigenvalue weighted by Crippen LogP contribution is 2.33. The van der Waals surface area contributed by atoms with Crippen LogP contribution >= 0.6 is 0 Å². The number of nitrogens with one attached hydrogen (secondary N) is 1. The molecule has 1 aromatic carbocycles. The van der Waals surface area contributed by atoms with Gasteiger partial charge in [0.1, 0.15) is 6.10 Å². The molecule has 1 aromatic rings. The van der Waals surface area contributed by atoms with Gasteiger partial charge in [0.05, 0.1) is 26.4 Å². The van der Waals surface area contributed by atoms with Crippen LogP contribution in [0.15, 0.2) is 23.2 Å². The van der Waals surface area contributed by atoms with Crippen molar-refractivity contribution in [2.24, 2.45) is 10.7 Å². The molecule has 6 nitrogen and oxygen atoms in total. The Morgan fingerprint density at radius 1 is 1.26 bits per heavy atom. The van der Waals surface area contributed by atoms with Crippen molar-refractivity contribution >= 4 is 11.6 Å². The van der Waals surface area contributed by atoms with Crippen LogP contribution < -0.4 is 11.1 Å². The number of benzene rings is 1. The van der Waals surface area contributed by atoms with Crippen LogP contribution in [0.4, 0.5) is 5.69 Å². The molecule has 126 valence electrons. The molecular weight excluding hydrogens is 294 g/mol. The summed E-state index contributed by atoms with van der Waals surface area (Å²) in [7, 11) is 0. The van der Waals surface area contributed by atoms with E-state index in [9.17, 15) is 0 Å². The fourth-order valence-corrected chi connectivity index (χ4v) is 3.09. The molecule has 2 aliphatic heterocycles. The molecule has 2 aliphatic rings. The van der Waals surface area contributed by atoms with Crippen molar-refractivity contribution in [3.05, 3.63) is 29.3 Å². The van der Waals surface area contributed by atoms with Gasteiger partial charge >= 0.3 is 0 Å². The third-order valence-corrected chi connectivity index (χ3v) is 4.13. The van der Waals surface area contributed by atoms with Gasteiger partial charge in [-0.3, -0.25) is 4.99 Å². The summed E-state index contributed by atoms with van der Waals surface area (Å²) in [5, 5.41) is 3.13. The number of hydrogen-bond acceptors (Lipinski definition) is 4. The van der Waals surface area contributed by atoms with Crippen LogP contribution in [0.3, 0.4) is 0 Å². The summed E-state index contributed by atoms with van der Waals surface area (Å²) in [5.74, 6) is -0.0691. The first-order valence-electron chi connectivity index (χ1n) is 8.09. The fourth-order valence-electron chi connectivity index (χ4n) is 3.09. The molecule has 23 heavy (non-hydrogen) atoms. The maximum Gasteiger partial charge on any atom is 0.193 e. The van der Waals surface area contributed by atoms with E-state index in [0.717, 1.165) is 18.5 Å². The molecular formula is C17H25N3O3. The molecule has 3 rings (SSSR count). The molecule has 0 amide bonds. The molecule has 0 aromatic heterocycles. The SMILES string of the molecule is Cc1cc(C)cc(NC(N)=NCC2COC3(CCOCC3)O2)c1. The predicted molar refractivity (Wildman–Crippen MR) is 89.6 cm³/mol. The second kappa shape index (κ2) is 6.86. The summed E-state index contributed by atoms with van der Waals surface area (Å²) >= 11 is 0. The van der Waals surface area contributed by atoms with Crippen molar-refractivity contribution < 1.29 is 14.2 Å². The Morgan fingerprint density at radius 3 is 2.65 bits per heavy atom. The lowest BCUT2D eigenvalue weighted by atomic mass is 10.1. The van der Waals surface area contributed by atoms with Gasteiger partial charge in [-0.25, -0.2) is 0 Å². The normalized spacial score (nSPS) is 24.1. The number of nitrogens with zero attached hydrogens (tertiary/aromatic N) is 1. The molecule has 1 unspecified atom stereocenters. The van der Waals surface area contributed by atoms with E-state index in [-0.39, 0.29) is 6.10 Å². The number of ether oxygens (including phenoxy) is 3. The number of aliphatic imine (C=N–C) groups is 1. The van der Waals surface area contributed by atoms with Crippen LogP contribution in [0.25, 0.3) is 0 Å². The van der Waals surface area contributed by atoms with E-state index in [1.54, 1.807) is 0 Å². The Morgan fingerprint density at radius 2 is 1.96 bits per heavy atom. The maximum absolute atomic E-state index is 6.04. The van der Waals surface area contributed by atoms with Crippen LogP contribution in [0.5, 0.6) is 0 Å². The van der Waals surface area contributed by atoms with E-state index in [4.69, 9.17) is 19.9 Å². The summed E-state index contributed by atoms with van der Waals surface area (Å²) < 4.78 is 17.2. The van der Waals surface area contributed by atoms with Gasteiger partial charge in [-0.2, -0.15) is 0 Å². The maximum atomic E-state index is 6.04. The van der Waals surface area contributed by atoms with Gasteiger partial charge in [-0.05, 0) is 37.1 Å². The van der Waals surface area contributed by atoms with E-state index in [1.165, 1.54) is 11.1 Å². The third-order valence-electron chi connectivity index (χ3n) is 4.13. The number of hydrogen-bond donors (Lipinski definition) is 2. The lowest BCUT2D eigenvalue weighted by Crippen LogP contribution is -2.38. The lowest BCUT2D eigenvalue weighted by molar-refractivity contribution is -0.210. The molecule has 0 radical (unpaired) electrons. The number of nitrogens with two attached hydrogens (primary N) is 1. The zero-order valence-corrected chi connectivity index (χ0v) is 13.8. The lowest BCUT2D eigenvalue weighted by Gasteiger charge is -2.31. The van der Waals surface area contributed by atoms with E-state index >= 15 is 0 Å². The van der Waals surface area contributed by atoms with Gasteiger partial charge in [0.15, 0.2) is 11.7 Å². The minimum atomic E-state index is -0.464. The molecule has 2 saturated heterocycles. The monoisotopic (exact) mass is 319 g/mol. The molecule has 0 saturated carbocycles. The van der Waals surface area contributed by atoms with Crippen molar-refractivity contribution in [1.82, 2.24) is 0 Å². The highest BCUT2D eigenvalue weighted by Gasteiger charge is 2.42. The van der Waals surface area contributed by atoms with E-state index in [0.29, 0.717) is 32.3 Å². The summed E-state index contributed by atoms with van der Waals surface area (Å²) in [4.78, 5) is 4.39. The number of aryl methyl sites for hydroxylation is 2. The highest BCUT2D eigenvalue weighted by atomic mass is 16.7. The van der Waals surface area contributed by atoms with Crippen molar-refractivity contribution in [3.63, 3.8) is 0 Å².